The molecule has 41 heavy (non-hydrogen) atoms. The smallest absolute Gasteiger partial charge is 0.416 e. The van der Waals surface area contributed by atoms with Crippen molar-refractivity contribution in [2.45, 2.75) is 50.5 Å². The Bertz CT molecular complexity index is 1560. The van der Waals surface area contributed by atoms with Crippen molar-refractivity contribution in [2.75, 3.05) is 0 Å². The van der Waals surface area contributed by atoms with Gasteiger partial charge in [0.15, 0.2) is 5.78 Å². The summed E-state index contributed by atoms with van der Waals surface area (Å²) in [7, 11) is 0. The third-order valence-electron chi connectivity index (χ3n) is 6.61. The van der Waals surface area contributed by atoms with Crippen molar-refractivity contribution in [2.24, 2.45) is 0 Å². The molecule has 12 heteroatoms. The molecule has 0 fully saturated rings. The maximum atomic E-state index is 13.2. The largest absolute Gasteiger partial charge is 0.481 e. The molecular formula is C29H23ClF6N2O3. The van der Waals surface area contributed by atoms with Crippen molar-refractivity contribution in [3.8, 4) is 11.1 Å². The highest BCUT2D eigenvalue weighted by molar-refractivity contribution is 6.33. The number of hydrogen-bond acceptors (Lipinski definition) is 3. The maximum Gasteiger partial charge on any atom is 0.416 e. The van der Waals surface area contributed by atoms with Crippen LogP contribution in [0.25, 0.3) is 22.0 Å². The van der Waals surface area contributed by atoms with Gasteiger partial charge in [-0.15, -0.1) is 0 Å². The van der Waals surface area contributed by atoms with Gasteiger partial charge in [0.2, 0.25) is 0 Å². The van der Waals surface area contributed by atoms with E-state index >= 15 is 0 Å². The number of aliphatic carboxylic acids is 1. The van der Waals surface area contributed by atoms with Crippen LogP contribution >= 0.6 is 11.6 Å². The molecule has 4 aromatic rings. The molecule has 1 aromatic heterocycles. The predicted molar refractivity (Wildman–Crippen MR) is 141 cm³/mol. The van der Waals surface area contributed by atoms with Crippen molar-refractivity contribution in [3.05, 3.63) is 88.6 Å². The Morgan fingerprint density at radius 2 is 1.63 bits per heavy atom. The van der Waals surface area contributed by atoms with Gasteiger partial charge in [0.05, 0.1) is 23.3 Å². The predicted octanol–water partition coefficient (Wildman–Crippen LogP) is 8.74. The van der Waals surface area contributed by atoms with Crippen LogP contribution < -0.4 is 0 Å². The van der Waals surface area contributed by atoms with E-state index in [0.29, 0.717) is 33.2 Å². The first-order valence-corrected chi connectivity index (χ1v) is 12.9. The number of carboxylic acid groups (broad SMARTS) is 1. The molecule has 216 valence electrons. The highest BCUT2D eigenvalue weighted by Gasteiger charge is 2.32. The SMILES string of the molecule is O=C(O)CCCC(=O)c1ccc(C(CCC(F)(F)F)n2ncc3cc(-c4ccc(C(F)(F)F)cc4Cl)ccc32)cc1. The molecule has 1 heterocycles. The topological polar surface area (TPSA) is 72.2 Å². The summed E-state index contributed by atoms with van der Waals surface area (Å²) in [5, 5.41) is 13.5. The van der Waals surface area contributed by atoms with Gasteiger partial charge in [-0.25, -0.2) is 0 Å². The van der Waals surface area contributed by atoms with E-state index in [1.165, 1.54) is 29.1 Å². The molecule has 0 aliphatic heterocycles. The van der Waals surface area contributed by atoms with Crippen LogP contribution in [-0.4, -0.2) is 32.8 Å². The fourth-order valence-electron chi connectivity index (χ4n) is 4.56. The Labute approximate surface area is 235 Å². The van der Waals surface area contributed by atoms with Gasteiger partial charge < -0.3 is 5.11 Å². The van der Waals surface area contributed by atoms with E-state index in [-0.39, 0.29) is 36.5 Å². The average molecular weight is 597 g/mol. The molecule has 4 rings (SSSR count). The normalized spacial score (nSPS) is 13.0. The van der Waals surface area contributed by atoms with Gasteiger partial charge in [0.25, 0.3) is 0 Å². The number of alkyl halides is 6. The van der Waals surface area contributed by atoms with Crippen molar-refractivity contribution < 1.29 is 41.0 Å². The molecule has 3 aromatic carbocycles. The lowest BCUT2D eigenvalue weighted by atomic mass is 9.97. The van der Waals surface area contributed by atoms with Crippen LogP contribution in [-0.2, 0) is 11.0 Å². The summed E-state index contributed by atoms with van der Waals surface area (Å²) in [5.41, 5.74) is 1.27. The number of ketones is 1. The molecule has 0 spiro atoms. The second kappa shape index (κ2) is 11.9. The fraction of sp³-hybridized carbons (Fsp3) is 0.276. The van der Waals surface area contributed by atoms with Crippen LogP contribution in [0.1, 0.15) is 59.6 Å². The number of fused-ring (bicyclic) bond motifs is 1. The molecule has 0 saturated carbocycles. The number of nitrogens with zero attached hydrogens (tertiary/aromatic N) is 2. The van der Waals surface area contributed by atoms with Crippen LogP contribution in [0.2, 0.25) is 5.02 Å². The summed E-state index contributed by atoms with van der Waals surface area (Å²) in [6.07, 6.45) is -8.90. The third kappa shape index (κ3) is 7.46. The Morgan fingerprint density at radius 1 is 0.927 bits per heavy atom. The summed E-state index contributed by atoms with van der Waals surface area (Å²) >= 11 is 6.14. The molecule has 5 nitrogen and oxygen atoms in total. The Hall–Kier alpha value is -3.86. The minimum absolute atomic E-state index is 0.0260. The first kappa shape index (κ1) is 30.1. The second-order valence-electron chi connectivity index (χ2n) is 9.52. The van der Waals surface area contributed by atoms with Crippen LogP contribution in [0.3, 0.4) is 0 Å². The standard InChI is InChI=1S/C29H23ClF6N2O3/c30-23-15-21(29(34,35)36)9-10-22(23)19-8-11-24-20(14-19)16-37-38(24)25(12-13-28(31,32)33)17-4-6-18(7-5-17)26(39)2-1-3-27(40)41/h4-11,14-16,25H,1-3,12-13H2,(H,40,41). The molecule has 0 aliphatic rings. The van der Waals surface area contributed by atoms with E-state index in [9.17, 15) is 35.9 Å². The van der Waals surface area contributed by atoms with Crippen LogP contribution in [0, 0.1) is 0 Å². The fourth-order valence-corrected chi connectivity index (χ4v) is 4.85. The van der Waals surface area contributed by atoms with E-state index in [2.05, 4.69) is 5.10 Å². The highest BCUT2D eigenvalue weighted by atomic mass is 35.5. The molecule has 0 bridgehead atoms. The number of benzene rings is 3. The Morgan fingerprint density at radius 3 is 2.24 bits per heavy atom. The average Bonchev–Trinajstić information content (AvgIpc) is 3.30. The molecule has 0 saturated heterocycles. The molecule has 0 amide bonds. The second-order valence-corrected chi connectivity index (χ2v) is 9.92. The van der Waals surface area contributed by atoms with Gasteiger partial charge >= 0.3 is 18.3 Å². The maximum absolute atomic E-state index is 13.2. The summed E-state index contributed by atoms with van der Waals surface area (Å²) in [4.78, 5) is 23.1. The monoisotopic (exact) mass is 596 g/mol. The molecule has 0 aliphatic carbocycles. The van der Waals surface area contributed by atoms with Gasteiger partial charge in [0.1, 0.15) is 0 Å². The number of hydrogen-bond donors (Lipinski definition) is 1. The number of Topliss-reactive ketones (excluding diaryl/α,β-unsaturated/α-hetero) is 1. The van der Waals surface area contributed by atoms with Crippen molar-refractivity contribution in [1.82, 2.24) is 9.78 Å². The van der Waals surface area contributed by atoms with E-state index in [4.69, 9.17) is 16.7 Å². The quantitative estimate of drug-likeness (QED) is 0.147. The number of rotatable bonds is 10. The van der Waals surface area contributed by atoms with Crippen LogP contribution in [0.15, 0.2) is 66.9 Å². The van der Waals surface area contributed by atoms with E-state index in [1.807, 2.05) is 0 Å². The minimum atomic E-state index is -4.55. The zero-order chi connectivity index (χ0) is 29.9. The van der Waals surface area contributed by atoms with Gasteiger partial charge in [-0.3, -0.25) is 14.3 Å². The minimum Gasteiger partial charge on any atom is -0.481 e. The lowest BCUT2D eigenvalue weighted by Crippen LogP contribution is -2.17. The van der Waals surface area contributed by atoms with E-state index < -0.39 is 36.3 Å². The van der Waals surface area contributed by atoms with Gasteiger partial charge in [-0.1, -0.05) is 48.0 Å². The van der Waals surface area contributed by atoms with Crippen LogP contribution in [0.4, 0.5) is 26.3 Å². The summed E-state index contributed by atoms with van der Waals surface area (Å²) < 4.78 is 80.2. The number of aromatic nitrogens is 2. The zero-order valence-corrected chi connectivity index (χ0v) is 22.0. The molecular weight excluding hydrogens is 574 g/mol. The first-order chi connectivity index (χ1) is 19.2. The Kier molecular flexibility index (Phi) is 8.77. The molecule has 1 atom stereocenters. The van der Waals surface area contributed by atoms with E-state index in [1.54, 1.807) is 30.3 Å². The number of carbonyl (C=O) groups excluding carboxylic acids is 1. The van der Waals surface area contributed by atoms with Crippen molar-refractivity contribution >= 4 is 34.3 Å². The highest BCUT2D eigenvalue weighted by Crippen LogP contribution is 2.37. The third-order valence-corrected chi connectivity index (χ3v) is 6.92. The lowest BCUT2D eigenvalue weighted by Gasteiger charge is -2.20. The van der Waals surface area contributed by atoms with E-state index in [0.717, 1.165) is 12.1 Å². The Balaban J connectivity index is 1.65. The summed E-state index contributed by atoms with van der Waals surface area (Å²) in [5.74, 6) is -1.29. The van der Waals surface area contributed by atoms with Gasteiger partial charge in [0, 0.05) is 40.8 Å². The number of carbonyl (C=O) groups is 2. The van der Waals surface area contributed by atoms with Crippen molar-refractivity contribution in [1.29, 1.82) is 0 Å². The van der Waals surface area contributed by atoms with Crippen LogP contribution in [0.5, 0.6) is 0 Å². The summed E-state index contributed by atoms with van der Waals surface area (Å²) in [6, 6.07) is 13.1. The van der Waals surface area contributed by atoms with Gasteiger partial charge in [-0.2, -0.15) is 31.4 Å². The molecule has 1 unspecified atom stereocenters. The number of carboxylic acids is 1. The van der Waals surface area contributed by atoms with Gasteiger partial charge in [-0.05, 0) is 48.2 Å². The number of halogens is 7. The van der Waals surface area contributed by atoms with Crippen molar-refractivity contribution in [3.63, 3.8) is 0 Å². The zero-order valence-electron chi connectivity index (χ0n) is 21.3. The molecule has 1 N–H and O–H groups in total. The molecule has 0 radical (unpaired) electrons. The first-order valence-electron chi connectivity index (χ1n) is 12.5. The lowest BCUT2D eigenvalue weighted by molar-refractivity contribution is -0.138. The summed E-state index contributed by atoms with van der Waals surface area (Å²) in [6.45, 7) is 0.